The highest BCUT2D eigenvalue weighted by Gasteiger charge is 2.63. The van der Waals surface area contributed by atoms with E-state index in [-0.39, 0.29) is 29.1 Å². The standard InChI is InChI=1S/C26H39FN2O3/c1-24(31)10-11-26(16-32-3)17(14-24)4-5-18-19-6-7-21(25(19,2)9-8-20(18)26)22(30)15-29-13-12-28-23(29)27/h12-13,17-21,31H,4-11,14-16H2,1-3H3. The lowest BCUT2D eigenvalue weighted by atomic mass is 9.43. The summed E-state index contributed by atoms with van der Waals surface area (Å²) in [6, 6.07) is 0. The third-order valence-corrected chi connectivity index (χ3v) is 10.4. The molecule has 1 N–H and O–H groups in total. The number of aromatic nitrogens is 2. The van der Waals surface area contributed by atoms with E-state index in [0.29, 0.717) is 23.7 Å². The molecule has 5 nitrogen and oxygen atoms in total. The van der Waals surface area contributed by atoms with Crippen molar-refractivity contribution in [2.45, 2.75) is 83.8 Å². The van der Waals surface area contributed by atoms with Gasteiger partial charge in [-0.2, -0.15) is 4.39 Å². The van der Waals surface area contributed by atoms with Gasteiger partial charge in [-0.3, -0.25) is 4.79 Å². The number of hydrogen-bond donors (Lipinski definition) is 1. The van der Waals surface area contributed by atoms with Crippen molar-refractivity contribution in [2.75, 3.05) is 13.7 Å². The molecule has 1 aromatic rings. The molecule has 1 aromatic heterocycles. The van der Waals surface area contributed by atoms with Gasteiger partial charge in [-0.15, -0.1) is 0 Å². The molecule has 4 saturated carbocycles. The molecule has 4 fully saturated rings. The molecule has 0 saturated heterocycles. The molecule has 8 atom stereocenters. The average molecular weight is 447 g/mol. The number of hydrogen-bond acceptors (Lipinski definition) is 4. The van der Waals surface area contributed by atoms with Gasteiger partial charge >= 0.3 is 0 Å². The minimum absolute atomic E-state index is 0.0105. The molecular formula is C26H39FN2O3. The molecule has 8 unspecified atom stereocenters. The number of ketones is 1. The number of methoxy groups -OCH3 is 1. The number of aliphatic hydroxyl groups is 1. The highest BCUT2D eigenvalue weighted by molar-refractivity contribution is 5.82. The molecule has 0 aliphatic heterocycles. The molecule has 0 aromatic carbocycles. The first-order valence-corrected chi connectivity index (χ1v) is 12.6. The van der Waals surface area contributed by atoms with Gasteiger partial charge in [0.25, 0.3) is 6.08 Å². The van der Waals surface area contributed by atoms with Crippen LogP contribution in [0.3, 0.4) is 0 Å². The fourth-order valence-electron chi connectivity index (χ4n) is 9.02. The van der Waals surface area contributed by atoms with Crippen molar-refractivity contribution in [3.63, 3.8) is 0 Å². The van der Waals surface area contributed by atoms with Gasteiger partial charge in [0.05, 0.1) is 18.8 Å². The molecule has 5 rings (SSSR count). The van der Waals surface area contributed by atoms with Crippen LogP contribution in [0, 0.1) is 46.5 Å². The zero-order valence-electron chi connectivity index (χ0n) is 19.9. The Kier molecular flexibility index (Phi) is 5.56. The average Bonchev–Trinajstić information content (AvgIpc) is 3.30. The van der Waals surface area contributed by atoms with Crippen LogP contribution in [0.15, 0.2) is 12.4 Å². The lowest BCUT2D eigenvalue weighted by Crippen LogP contribution is -2.58. The van der Waals surface area contributed by atoms with Crippen LogP contribution in [0.5, 0.6) is 0 Å². The Morgan fingerprint density at radius 3 is 2.72 bits per heavy atom. The minimum Gasteiger partial charge on any atom is -0.390 e. The van der Waals surface area contributed by atoms with Crippen molar-refractivity contribution >= 4 is 5.78 Å². The van der Waals surface area contributed by atoms with Gasteiger partial charge in [0.2, 0.25) is 0 Å². The lowest BCUT2D eigenvalue weighted by Gasteiger charge is -2.62. The SMILES string of the molecule is COCC12CCC(C)(O)CC1CCC1C3CCC(C(=O)Cn4ccnc4F)C3(C)CCC12. The maximum absolute atomic E-state index is 13.8. The first-order valence-electron chi connectivity index (χ1n) is 12.6. The number of imidazole rings is 1. The third kappa shape index (κ3) is 3.39. The number of Topliss-reactive ketones (excluding diaryl/α,β-unsaturated/α-hetero) is 1. The quantitative estimate of drug-likeness (QED) is 0.716. The van der Waals surface area contributed by atoms with Gasteiger partial charge in [-0.25, -0.2) is 4.98 Å². The predicted molar refractivity (Wildman–Crippen MR) is 119 cm³/mol. The molecule has 0 spiro atoms. The highest BCUT2D eigenvalue weighted by Crippen LogP contribution is 2.68. The third-order valence-electron chi connectivity index (χ3n) is 10.4. The number of rotatable bonds is 5. The Morgan fingerprint density at radius 1 is 1.19 bits per heavy atom. The smallest absolute Gasteiger partial charge is 0.289 e. The van der Waals surface area contributed by atoms with E-state index in [1.165, 1.54) is 17.2 Å². The van der Waals surface area contributed by atoms with Crippen molar-refractivity contribution in [1.29, 1.82) is 0 Å². The first kappa shape index (κ1) is 22.5. The summed E-state index contributed by atoms with van der Waals surface area (Å²) in [5.41, 5.74) is -0.370. The maximum atomic E-state index is 13.8. The summed E-state index contributed by atoms with van der Waals surface area (Å²) >= 11 is 0. The Hall–Kier alpha value is -1.27. The predicted octanol–water partition coefficient (Wildman–Crippen LogP) is 4.63. The summed E-state index contributed by atoms with van der Waals surface area (Å²) in [5, 5.41) is 10.8. The van der Waals surface area contributed by atoms with Gasteiger partial charge in [-0.05, 0) is 99.2 Å². The zero-order valence-corrected chi connectivity index (χ0v) is 19.9. The Morgan fingerprint density at radius 2 is 2.00 bits per heavy atom. The summed E-state index contributed by atoms with van der Waals surface area (Å²) < 4.78 is 21.0. The molecule has 178 valence electrons. The number of halogens is 1. The summed E-state index contributed by atoms with van der Waals surface area (Å²) in [6.07, 6.45) is 11.8. The van der Waals surface area contributed by atoms with E-state index in [4.69, 9.17) is 4.74 Å². The second-order valence-electron chi connectivity index (χ2n) is 12.0. The van der Waals surface area contributed by atoms with Crippen LogP contribution >= 0.6 is 0 Å². The summed E-state index contributed by atoms with van der Waals surface area (Å²) in [4.78, 5) is 16.9. The van der Waals surface area contributed by atoms with E-state index in [1.54, 1.807) is 6.20 Å². The molecule has 32 heavy (non-hydrogen) atoms. The van der Waals surface area contributed by atoms with E-state index in [0.717, 1.165) is 58.0 Å². The first-order chi connectivity index (χ1) is 15.2. The molecule has 4 aliphatic carbocycles. The van der Waals surface area contributed by atoms with Crippen LogP contribution in [-0.2, 0) is 16.1 Å². The highest BCUT2D eigenvalue weighted by atomic mass is 19.1. The molecule has 0 radical (unpaired) electrons. The zero-order chi connectivity index (χ0) is 22.7. The largest absolute Gasteiger partial charge is 0.390 e. The van der Waals surface area contributed by atoms with Gasteiger partial charge in [0.15, 0.2) is 5.78 Å². The van der Waals surface area contributed by atoms with Crippen LogP contribution < -0.4 is 0 Å². The second kappa shape index (κ2) is 7.90. The molecule has 4 aliphatic rings. The van der Waals surface area contributed by atoms with E-state index >= 15 is 0 Å². The number of ether oxygens (including phenoxy) is 1. The molecule has 0 amide bonds. The van der Waals surface area contributed by atoms with Gasteiger partial charge in [-0.1, -0.05) is 6.92 Å². The van der Waals surface area contributed by atoms with Crippen molar-refractivity contribution in [3.8, 4) is 0 Å². The summed E-state index contributed by atoms with van der Waals surface area (Å²) in [6.45, 7) is 5.23. The van der Waals surface area contributed by atoms with Crippen LogP contribution in [0.4, 0.5) is 4.39 Å². The fourth-order valence-corrected chi connectivity index (χ4v) is 9.02. The van der Waals surface area contributed by atoms with Crippen LogP contribution in [0.1, 0.15) is 71.6 Å². The number of nitrogens with zero attached hydrogens (tertiary/aromatic N) is 2. The van der Waals surface area contributed by atoms with Crippen molar-refractivity contribution in [1.82, 2.24) is 9.55 Å². The normalized spacial score (nSPS) is 45.7. The Bertz CT molecular complexity index is 869. The summed E-state index contributed by atoms with van der Waals surface area (Å²) in [7, 11) is 1.83. The monoisotopic (exact) mass is 446 g/mol. The van der Waals surface area contributed by atoms with Crippen molar-refractivity contribution in [2.24, 2.45) is 40.4 Å². The van der Waals surface area contributed by atoms with Gasteiger partial charge < -0.3 is 14.4 Å². The van der Waals surface area contributed by atoms with E-state index in [9.17, 15) is 14.3 Å². The van der Waals surface area contributed by atoms with Crippen LogP contribution in [0.25, 0.3) is 0 Å². The fraction of sp³-hybridized carbons (Fsp3) is 0.846. The Labute approximate surface area is 191 Å². The second-order valence-corrected chi connectivity index (χ2v) is 12.0. The minimum atomic E-state index is -0.574. The summed E-state index contributed by atoms with van der Waals surface area (Å²) in [5.74, 6) is 2.51. The molecule has 1 heterocycles. The molecule has 0 bridgehead atoms. The lowest BCUT2D eigenvalue weighted by molar-refractivity contribution is -0.175. The van der Waals surface area contributed by atoms with E-state index in [2.05, 4.69) is 11.9 Å². The van der Waals surface area contributed by atoms with Crippen LogP contribution in [0.2, 0.25) is 0 Å². The van der Waals surface area contributed by atoms with Crippen LogP contribution in [-0.4, -0.2) is 39.8 Å². The number of fused-ring (bicyclic) bond motifs is 5. The van der Waals surface area contributed by atoms with Gasteiger partial charge in [0, 0.05) is 25.4 Å². The van der Waals surface area contributed by atoms with Gasteiger partial charge in [0.1, 0.15) is 0 Å². The molecule has 6 heteroatoms. The number of carbonyl (C=O) groups excluding carboxylic acids is 1. The number of carbonyl (C=O) groups is 1. The van der Waals surface area contributed by atoms with Crippen molar-refractivity contribution in [3.05, 3.63) is 18.5 Å². The van der Waals surface area contributed by atoms with E-state index in [1.807, 2.05) is 14.0 Å². The van der Waals surface area contributed by atoms with Crippen molar-refractivity contribution < 1.29 is 19.0 Å². The molecular weight excluding hydrogens is 407 g/mol. The maximum Gasteiger partial charge on any atom is 0.289 e. The topological polar surface area (TPSA) is 64.3 Å². The van der Waals surface area contributed by atoms with E-state index < -0.39 is 11.7 Å². The Balaban J connectivity index is 1.38.